The van der Waals surface area contributed by atoms with E-state index in [9.17, 15) is 0 Å². The van der Waals surface area contributed by atoms with Crippen LogP contribution in [0, 0.1) is 5.92 Å². The molecule has 0 saturated carbocycles. The van der Waals surface area contributed by atoms with Crippen LogP contribution in [0.1, 0.15) is 19.8 Å². The Morgan fingerprint density at radius 2 is 2.36 bits per heavy atom. The van der Waals surface area contributed by atoms with Gasteiger partial charge in [-0.3, -0.25) is 4.90 Å². The first kappa shape index (κ1) is 7.56. The zero-order valence-electron chi connectivity index (χ0n) is 7.34. The third-order valence-corrected chi connectivity index (χ3v) is 3.07. The van der Waals surface area contributed by atoms with Crippen molar-refractivity contribution in [2.24, 2.45) is 5.92 Å². The molecule has 0 radical (unpaired) electrons. The second-order valence-electron chi connectivity index (χ2n) is 3.81. The minimum atomic E-state index is 0.884. The van der Waals surface area contributed by atoms with Gasteiger partial charge < -0.3 is 5.32 Å². The van der Waals surface area contributed by atoms with Gasteiger partial charge in [0.2, 0.25) is 0 Å². The van der Waals surface area contributed by atoms with E-state index in [1.165, 1.54) is 39.0 Å². The van der Waals surface area contributed by atoms with Crippen molar-refractivity contribution in [1.29, 1.82) is 0 Å². The Labute approximate surface area is 69.0 Å². The van der Waals surface area contributed by atoms with Gasteiger partial charge in [0.05, 0.1) is 0 Å². The molecule has 0 bridgehead atoms. The second kappa shape index (κ2) is 3.11. The molecule has 2 fully saturated rings. The van der Waals surface area contributed by atoms with Gasteiger partial charge in [-0.25, -0.2) is 0 Å². The fourth-order valence-electron chi connectivity index (χ4n) is 2.50. The lowest BCUT2D eigenvalue weighted by Crippen LogP contribution is -2.34. The number of hydrogen-bond acceptors (Lipinski definition) is 2. The zero-order valence-corrected chi connectivity index (χ0v) is 7.34. The van der Waals surface area contributed by atoms with Crippen molar-refractivity contribution in [2.45, 2.75) is 25.8 Å². The van der Waals surface area contributed by atoms with Crippen molar-refractivity contribution < 1.29 is 0 Å². The Hall–Kier alpha value is -0.0800. The molecule has 0 spiro atoms. The predicted octanol–water partition coefficient (Wildman–Crippen LogP) is 0.690. The van der Waals surface area contributed by atoms with E-state index >= 15 is 0 Å². The topological polar surface area (TPSA) is 15.3 Å². The van der Waals surface area contributed by atoms with E-state index in [2.05, 4.69) is 17.1 Å². The van der Waals surface area contributed by atoms with Gasteiger partial charge in [0, 0.05) is 12.6 Å². The van der Waals surface area contributed by atoms with Gasteiger partial charge in [0.15, 0.2) is 0 Å². The minimum absolute atomic E-state index is 0.884. The molecule has 2 saturated heterocycles. The Kier molecular flexibility index (Phi) is 2.14. The van der Waals surface area contributed by atoms with Crippen LogP contribution in [0.25, 0.3) is 0 Å². The van der Waals surface area contributed by atoms with Crippen LogP contribution in [-0.4, -0.2) is 37.1 Å². The quantitative estimate of drug-likeness (QED) is 0.629. The lowest BCUT2D eigenvalue weighted by Gasteiger charge is -2.21. The minimum Gasteiger partial charge on any atom is -0.315 e. The molecule has 2 aliphatic rings. The summed E-state index contributed by atoms with van der Waals surface area (Å²) < 4.78 is 0. The molecule has 0 aromatic heterocycles. The predicted molar refractivity (Wildman–Crippen MR) is 46.6 cm³/mol. The van der Waals surface area contributed by atoms with Gasteiger partial charge in [0.1, 0.15) is 0 Å². The standard InChI is InChI=1S/C9H18N2/c1-2-4-11-5-3-8-6-10-7-9(8)11/h8-10H,2-7H2,1H3/t8-,9+/m0/s1. The third-order valence-electron chi connectivity index (χ3n) is 3.07. The summed E-state index contributed by atoms with van der Waals surface area (Å²) in [5, 5.41) is 3.47. The molecule has 2 aliphatic heterocycles. The highest BCUT2D eigenvalue weighted by molar-refractivity contribution is 4.93. The van der Waals surface area contributed by atoms with Crippen LogP contribution in [-0.2, 0) is 0 Å². The molecule has 64 valence electrons. The van der Waals surface area contributed by atoms with Crippen LogP contribution in [0.15, 0.2) is 0 Å². The highest BCUT2D eigenvalue weighted by Crippen LogP contribution is 2.26. The summed E-state index contributed by atoms with van der Waals surface area (Å²) in [4.78, 5) is 2.66. The fraction of sp³-hybridized carbons (Fsp3) is 1.00. The molecule has 2 atom stereocenters. The van der Waals surface area contributed by atoms with Crippen LogP contribution in [0.2, 0.25) is 0 Å². The Balaban J connectivity index is 1.92. The maximum Gasteiger partial charge on any atom is 0.0261 e. The SMILES string of the molecule is CCCN1CC[C@H]2CNC[C@H]21. The van der Waals surface area contributed by atoms with E-state index in [0.717, 1.165) is 12.0 Å². The van der Waals surface area contributed by atoms with Crippen molar-refractivity contribution in [3.8, 4) is 0 Å². The maximum absolute atomic E-state index is 3.47. The fourth-order valence-corrected chi connectivity index (χ4v) is 2.50. The Morgan fingerprint density at radius 1 is 1.45 bits per heavy atom. The van der Waals surface area contributed by atoms with Crippen molar-refractivity contribution in [3.05, 3.63) is 0 Å². The Morgan fingerprint density at radius 3 is 3.18 bits per heavy atom. The molecular formula is C9H18N2. The number of fused-ring (bicyclic) bond motifs is 1. The van der Waals surface area contributed by atoms with Gasteiger partial charge in [-0.05, 0) is 38.4 Å². The van der Waals surface area contributed by atoms with E-state index in [4.69, 9.17) is 0 Å². The van der Waals surface area contributed by atoms with Crippen LogP contribution in [0.3, 0.4) is 0 Å². The van der Waals surface area contributed by atoms with Crippen molar-refractivity contribution in [3.63, 3.8) is 0 Å². The van der Waals surface area contributed by atoms with Gasteiger partial charge in [-0.1, -0.05) is 6.92 Å². The third kappa shape index (κ3) is 1.30. The van der Waals surface area contributed by atoms with Crippen LogP contribution < -0.4 is 5.32 Å². The highest BCUT2D eigenvalue weighted by atomic mass is 15.2. The average Bonchev–Trinajstić information content (AvgIpc) is 2.53. The van der Waals surface area contributed by atoms with E-state index in [1.807, 2.05) is 0 Å². The van der Waals surface area contributed by atoms with Gasteiger partial charge in [-0.2, -0.15) is 0 Å². The molecule has 0 aromatic carbocycles. The normalized spacial score (nSPS) is 37.9. The molecule has 2 heteroatoms. The van der Waals surface area contributed by atoms with Crippen LogP contribution >= 0.6 is 0 Å². The van der Waals surface area contributed by atoms with E-state index in [1.54, 1.807) is 0 Å². The largest absolute Gasteiger partial charge is 0.315 e. The first-order valence-electron chi connectivity index (χ1n) is 4.86. The molecular weight excluding hydrogens is 136 g/mol. The summed E-state index contributed by atoms with van der Waals surface area (Å²) in [7, 11) is 0. The number of rotatable bonds is 2. The molecule has 11 heavy (non-hydrogen) atoms. The lowest BCUT2D eigenvalue weighted by molar-refractivity contribution is 0.253. The van der Waals surface area contributed by atoms with E-state index in [-0.39, 0.29) is 0 Å². The Bertz CT molecular complexity index is 134. The average molecular weight is 154 g/mol. The molecule has 2 heterocycles. The first-order valence-corrected chi connectivity index (χ1v) is 4.86. The summed E-state index contributed by atoms with van der Waals surface area (Å²) in [5.41, 5.74) is 0. The summed E-state index contributed by atoms with van der Waals surface area (Å²) in [6.45, 7) is 7.44. The summed E-state index contributed by atoms with van der Waals surface area (Å²) in [6, 6.07) is 0.884. The summed E-state index contributed by atoms with van der Waals surface area (Å²) in [6.07, 6.45) is 2.74. The van der Waals surface area contributed by atoms with Crippen molar-refractivity contribution >= 4 is 0 Å². The van der Waals surface area contributed by atoms with Crippen LogP contribution in [0.4, 0.5) is 0 Å². The van der Waals surface area contributed by atoms with Gasteiger partial charge >= 0.3 is 0 Å². The molecule has 1 N–H and O–H groups in total. The molecule has 2 nitrogen and oxygen atoms in total. The van der Waals surface area contributed by atoms with Crippen LogP contribution in [0.5, 0.6) is 0 Å². The number of likely N-dealkylation sites (tertiary alicyclic amines) is 1. The number of nitrogens with one attached hydrogen (secondary N) is 1. The van der Waals surface area contributed by atoms with Crippen molar-refractivity contribution in [1.82, 2.24) is 10.2 Å². The van der Waals surface area contributed by atoms with Crippen molar-refractivity contribution in [2.75, 3.05) is 26.2 Å². The smallest absolute Gasteiger partial charge is 0.0261 e. The van der Waals surface area contributed by atoms with Gasteiger partial charge in [-0.15, -0.1) is 0 Å². The monoisotopic (exact) mass is 154 g/mol. The van der Waals surface area contributed by atoms with E-state index in [0.29, 0.717) is 0 Å². The maximum atomic E-state index is 3.47. The second-order valence-corrected chi connectivity index (χ2v) is 3.81. The first-order chi connectivity index (χ1) is 5.42. The number of hydrogen-bond donors (Lipinski definition) is 1. The molecule has 0 aromatic rings. The summed E-state index contributed by atoms with van der Waals surface area (Å²) in [5.74, 6) is 0.974. The number of nitrogens with zero attached hydrogens (tertiary/aromatic N) is 1. The molecule has 0 unspecified atom stereocenters. The van der Waals surface area contributed by atoms with E-state index < -0.39 is 0 Å². The molecule has 2 rings (SSSR count). The van der Waals surface area contributed by atoms with Gasteiger partial charge in [0.25, 0.3) is 0 Å². The summed E-state index contributed by atoms with van der Waals surface area (Å²) >= 11 is 0. The molecule has 0 aliphatic carbocycles. The lowest BCUT2D eigenvalue weighted by atomic mass is 10.1. The molecule has 0 amide bonds. The zero-order chi connectivity index (χ0) is 7.68. The highest BCUT2D eigenvalue weighted by Gasteiger charge is 2.36.